The molecule has 9 heteroatoms. The topological polar surface area (TPSA) is 72.8 Å². The Morgan fingerprint density at radius 3 is 2.49 bits per heavy atom. The number of methoxy groups -OCH3 is 1. The van der Waals surface area contributed by atoms with Gasteiger partial charge in [-0.1, -0.05) is 30.0 Å². The first-order valence-electron chi connectivity index (χ1n) is 10.9. The fraction of sp³-hybridized carbons (Fsp3) is 0.192. The van der Waals surface area contributed by atoms with Crippen LogP contribution in [0.3, 0.4) is 0 Å². The Morgan fingerprint density at radius 2 is 1.80 bits per heavy atom. The Bertz CT molecular complexity index is 1330. The van der Waals surface area contributed by atoms with Gasteiger partial charge in [-0.25, -0.2) is 0 Å². The third kappa shape index (κ3) is 5.41. The van der Waals surface area contributed by atoms with Gasteiger partial charge in [-0.05, 0) is 86.6 Å². The second kappa shape index (κ2) is 10.4. The van der Waals surface area contributed by atoms with Crippen molar-refractivity contribution in [3.63, 3.8) is 0 Å². The third-order valence-corrected chi connectivity index (χ3v) is 6.64. The maximum Gasteiger partial charge on any atom is 0.285 e. The minimum absolute atomic E-state index is 0.169. The van der Waals surface area contributed by atoms with E-state index in [-0.39, 0.29) is 18.4 Å². The third-order valence-electron chi connectivity index (χ3n) is 5.35. The van der Waals surface area contributed by atoms with Gasteiger partial charge in [0.2, 0.25) is 0 Å². The number of carbonyl (C=O) groups is 2. The number of nitrogens with one attached hydrogen (secondary N) is 1. The smallest absolute Gasteiger partial charge is 0.285 e. The molecule has 1 N–H and O–H groups in total. The predicted molar refractivity (Wildman–Crippen MR) is 144 cm³/mol. The van der Waals surface area contributed by atoms with E-state index < -0.39 is 0 Å². The molecule has 180 valence electrons. The monoisotopic (exact) mass is 507 g/mol. The van der Waals surface area contributed by atoms with E-state index >= 15 is 0 Å². The summed E-state index contributed by atoms with van der Waals surface area (Å²) < 4.78 is 13.4. The molecule has 1 saturated heterocycles. The lowest BCUT2D eigenvalue weighted by molar-refractivity contribution is -0.118. The summed E-state index contributed by atoms with van der Waals surface area (Å²) in [6, 6.07) is 16.7. The average Bonchev–Trinajstić information content (AvgIpc) is 3.29. The fourth-order valence-corrected chi connectivity index (χ4v) is 4.96. The van der Waals surface area contributed by atoms with Crippen molar-refractivity contribution in [2.24, 2.45) is 0 Å². The Kier molecular flexibility index (Phi) is 7.28. The molecule has 0 bridgehead atoms. The van der Waals surface area contributed by atoms with Gasteiger partial charge < -0.3 is 14.8 Å². The highest BCUT2D eigenvalue weighted by molar-refractivity contribution is 8.27. The lowest BCUT2D eigenvalue weighted by atomic mass is 10.2. The number of thioether (sulfide) groups is 1. The van der Waals surface area contributed by atoms with Crippen LogP contribution in [0.25, 0.3) is 6.08 Å². The highest BCUT2D eigenvalue weighted by atomic mass is 32.2. The molecular weight excluding hydrogens is 482 g/mol. The van der Waals surface area contributed by atoms with Crippen molar-refractivity contribution >= 4 is 51.9 Å². The molecule has 0 unspecified atom stereocenters. The zero-order chi connectivity index (χ0) is 25.1. The largest absolute Gasteiger partial charge is 0.493 e. The summed E-state index contributed by atoms with van der Waals surface area (Å²) in [6.07, 6.45) is 1.77. The highest BCUT2D eigenvalue weighted by Crippen LogP contribution is 2.35. The number of aromatic nitrogens is 1. The average molecular weight is 508 g/mol. The molecule has 0 saturated carbocycles. The molecule has 3 aromatic rings. The van der Waals surface area contributed by atoms with Crippen LogP contribution in [-0.4, -0.2) is 34.5 Å². The summed E-state index contributed by atoms with van der Waals surface area (Å²) in [4.78, 5) is 25.9. The SMILES string of the molecule is COc1cc(/C=C2\SC(=S)N(n3c(C)ccc3C)C2=O)ccc1OCC(=O)Nc1cccc(C)c1. The second-order valence-electron chi connectivity index (χ2n) is 8.04. The molecule has 0 aliphatic carbocycles. The van der Waals surface area contributed by atoms with E-state index in [4.69, 9.17) is 21.7 Å². The van der Waals surface area contributed by atoms with Gasteiger partial charge >= 0.3 is 0 Å². The highest BCUT2D eigenvalue weighted by Gasteiger charge is 2.34. The van der Waals surface area contributed by atoms with Gasteiger partial charge in [0.05, 0.1) is 12.0 Å². The first kappa shape index (κ1) is 24.6. The van der Waals surface area contributed by atoms with Gasteiger partial charge in [-0.2, -0.15) is 5.01 Å². The van der Waals surface area contributed by atoms with Crippen LogP contribution in [0.4, 0.5) is 5.69 Å². The van der Waals surface area contributed by atoms with Crippen LogP contribution >= 0.6 is 24.0 Å². The summed E-state index contributed by atoms with van der Waals surface area (Å²) in [5.41, 5.74) is 4.37. The summed E-state index contributed by atoms with van der Waals surface area (Å²) in [6.45, 7) is 5.65. The molecule has 0 spiro atoms. The van der Waals surface area contributed by atoms with Crippen molar-refractivity contribution in [2.75, 3.05) is 24.0 Å². The van der Waals surface area contributed by atoms with Crippen LogP contribution in [0.15, 0.2) is 59.5 Å². The van der Waals surface area contributed by atoms with Crippen molar-refractivity contribution in [2.45, 2.75) is 20.8 Å². The zero-order valence-corrected chi connectivity index (χ0v) is 21.5. The number of anilines is 1. The van der Waals surface area contributed by atoms with E-state index in [9.17, 15) is 9.59 Å². The van der Waals surface area contributed by atoms with Gasteiger partial charge in [-0.15, -0.1) is 0 Å². The lowest BCUT2D eigenvalue weighted by Gasteiger charge is -2.20. The Labute approximate surface area is 213 Å². The van der Waals surface area contributed by atoms with Gasteiger partial charge in [0.1, 0.15) is 0 Å². The summed E-state index contributed by atoms with van der Waals surface area (Å²) in [7, 11) is 1.52. The maximum atomic E-state index is 13.1. The molecule has 35 heavy (non-hydrogen) atoms. The first-order valence-corrected chi connectivity index (χ1v) is 12.1. The number of amides is 2. The molecule has 0 atom stereocenters. The molecule has 4 rings (SSSR count). The van der Waals surface area contributed by atoms with E-state index in [0.29, 0.717) is 26.4 Å². The van der Waals surface area contributed by atoms with E-state index in [2.05, 4.69) is 5.32 Å². The molecule has 7 nitrogen and oxygen atoms in total. The second-order valence-corrected chi connectivity index (χ2v) is 9.71. The number of rotatable bonds is 7. The number of benzene rings is 2. The molecule has 1 aromatic heterocycles. The van der Waals surface area contributed by atoms with Gasteiger partial charge in [0.15, 0.2) is 22.4 Å². The minimum atomic E-state index is -0.277. The van der Waals surface area contributed by atoms with Gasteiger partial charge in [0, 0.05) is 17.1 Å². The number of ether oxygens (including phenoxy) is 2. The van der Waals surface area contributed by atoms with Gasteiger partial charge in [0.25, 0.3) is 11.8 Å². The molecule has 2 aromatic carbocycles. The standard InChI is InChI=1S/C26H25N3O4S2/c1-16-6-5-7-20(12-16)27-24(30)15-33-21-11-10-19(13-22(21)32-4)14-23-25(31)29(26(34)35-23)28-17(2)8-9-18(28)3/h5-14H,15H2,1-4H3,(H,27,30)/b23-14-. The van der Waals surface area contributed by atoms with Crippen molar-refractivity contribution in [3.05, 3.63) is 82.0 Å². The van der Waals surface area contributed by atoms with E-state index in [1.165, 1.54) is 23.9 Å². The normalized spacial score (nSPS) is 14.5. The zero-order valence-electron chi connectivity index (χ0n) is 19.8. The minimum Gasteiger partial charge on any atom is -0.493 e. The fourth-order valence-electron chi connectivity index (χ4n) is 3.72. The van der Waals surface area contributed by atoms with Crippen LogP contribution in [-0.2, 0) is 9.59 Å². The molecule has 0 radical (unpaired) electrons. The Balaban J connectivity index is 1.47. The summed E-state index contributed by atoms with van der Waals surface area (Å²) in [5, 5.41) is 4.32. The Morgan fingerprint density at radius 1 is 1.06 bits per heavy atom. The van der Waals surface area contributed by atoms with Gasteiger partial charge in [-0.3, -0.25) is 14.3 Å². The lowest BCUT2D eigenvalue weighted by Crippen LogP contribution is -2.39. The number of hydrogen-bond donors (Lipinski definition) is 1. The van der Waals surface area contributed by atoms with E-state index in [1.807, 2.05) is 61.8 Å². The summed E-state index contributed by atoms with van der Waals surface area (Å²) in [5.74, 6) is 0.417. The van der Waals surface area contributed by atoms with Crippen LogP contribution in [0, 0.1) is 20.8 Å². The molecule has 1 fully saturated rings. The molecule has 2 heterocycles. The maximum absolute atomic E-state index is 13.1. The number of nitrogens with zero attached hydrogens (tertiary/aromatic N) is 2. The van der Waals surface area contributed by atoms with Crippen molar-refractivity contribution in [3.8, 4) is 11.5 Å². The van der Waals surface area contributed by atoms with Crippen molar-refractivity contribution in [1.82, 2.24) is 4.68 Å². The molecule has 2 amide bonds. The van der Waals surface area contributed by atoms with E-state index in [1.54, 1.807) is 24.3 Å². The quantitative estimate of drug-likeness (QED) is 0.359. The molecular formula is C26H25N3O4S2. The van der Waals surface area contributed by atoms with Crippen molar-refractivity contribution in [1.29, 1.82) is 0 Å². The number of thiocarbonyl (C=S) groups is 1. The summed E-state index contributed by atoms with van der Waals surface area (Å²) >= 11 is 6.73. The van der Waals surface area contributed by atoms with Crippen LogP contribution in [0.5, 0.6) is 11.5 Å². The number of aryl methyl sites for hydroxylation is 3. The first-order chi connectivity index (χ1) is 16.8. The van der Waals surface area contributed by atoms with Crippen LogP contribution in [0.1, 0.15) is 22.5 Å². The van der Waals surface area contributed by atoms with Crippen molar-refractivity contribution < 1.29 is 19.1 Å². The number of carbonyl (C=O) groups excluding carboxylic acids is 2. The van der Waals surface area contributed by atoms with E-state index in [0.717, 1.165) is 22.5 Å². The predicted octanol–water partition coefficient (Wildman–Crippen LogP) is 4.98. The number of hydrogen-bond acceptors (Lipinski definition) is 6. The van der Waals surface area contributed by atoms with Crippen LogP contribution in [0.2, 0.25) is 0 Å². The van der Waals surface area contributed by atoms with Crippen LogP contribution < -0.4 is 19.8 Å². The molecule has 1 aliphatic heterocycles. The Hall–Kier alpha value is -3.56. The molecule has 1 aliphatic rings.